The van der Waals surface area contributed by atoms with Crippen LogP contribution < -0.4 is 4.74 Å². The molecule has 0 radical (unpaired) electrons. The zero-order valence-corrected chi connectivity index (χ0v) is 16.1. The number of aromatic nitrogens is 4. The molecule has 0 unspecified atom stereocenters. The van der Waals surface area contributed by atoms with E-state index in [0.717, 1.165) is 22.6 Å². The molecule has 0 aliphatic carbocycles. The lowest BCUT2D eigenvalue weighted by Crippen LogP contribution is -2.19. The van der Waals surface area contributed by atoms with Crippen molar-refractivity contribution in [3.63, 3.8) is 0 Å². The molecular formula is C19H20N4O5. The predicted molar refractivity (Wildman–Crippen MR) is 99.2 cm³/mol. The van der Waals surface area contributed by atoms with Gasteiger partial charge in [-0.3, -0.25) is 4.79 Å². The summed E-state index contributed by atoms with van der Waals surface area (Å²) in [7, 11) is 4.11. The molecule has 9 nitrogen and oxygen atoms in total. The SMILES string of the molecule is CCc1nn2c(CC(=O)OC)c(C(=O)OC)nnc2c1-c1ccc(OC)cc1. The van der Waals surface area contributed by atoms with E-state index >= 15 is 0 Å². The third-order valence-electron chi connectivity index (χ3n) is 4.34. The van der Waals surface area contributed by atoms with Gasteiger partial charge in [-0.1, -0.05) is 19.1 Å². The molecule has 0 atom stereocenters. The van der Waals surface area contributed by atoms with Gasteiger partial charge in [0.25, 0.3) is 0 Å². The Morgan fingerprint density at radius 2 is 1.75 bits per heavy atom. The van der Waals surface area contributed by atoms with Crippen LogP contribution >= 0.6 is 0 Å². The summed E-state index contributed by atoms with van der Waals surface area (Å²) in [4.78, 5) is 24.0. The molecule has 3 aromatic rings. The summed E-state index contributed by atoms with van der Waals surface area (Å²) in [5.41, 5.74) is 3.03. The van der Waals surface area contributed by atoms with E-state index in [-0.39, 0.29) is 17.8 Å². The summed E-state index contributed by atoms with van der Waals surface area (Å²) in [6.45, 7) is 1.96. The Bertz CT molecular complexity index is 1030. The highest BCUT2D eigenvalue weighted by atomic mass is 16.5. The first-order valence-corrected chi connectivity index (χ1v) is 8.60. The number of benzene rings is 1. The lowest BCUT2D eigenvalue weighted by atomic mass is 10.0. The molecule has 2 aromatic heterocycles. The number of ether oxygens (including phenoxy) is 3. The van der Waals surface area contributed by atoms with Gasteiger partial charge in [0.1, 0.15) is 5.75 Å². The summed E-state index contributed by atoms with van der Waals surface area (Å²) in [5.74, 6) is -0.504. The average Bonchev–Trinajstić information content (AvgIpc) is 3.12. The quantitative estimate of drug-likeness (QED) is 0.593. The van der Waals surface area contributed by atoms with Gasteiger partial charge in [0, 0.05) is 0 Å². The first-order chi connectivity index (χ1) is 13.5. The standard InChI is InChI=1S/C19H20N4O5/c1-5-13-16(11-6-8-12(26-2)9-7-11)18-21-20-17(19(25)28-4)14(23(18)22-13)10-15(24)27-3/h6-9H,5,10H2,1-4H3. The number of esters is 2. The van der Waals surface area contributed by atoms with Gasteiger partial charge in [-0.05, 0) is 24.1 Å². The van der Waals surface area contributed by atoms with Crippen molar-refractivity contribution in [1.29, 1.82) is 0 Å². The van der Waals surface area contributed by atoms with E-state index in [1.54, 1.807) is 7.11 Å². The van der Waals surface area contributed by atoms with Gasteiger partial charge in [0.2, 0.25) is 0 Å². The largest absolute Gasteiger partial charge is 0.497 e. The minimum Gasteiger partial charge on any atom is -0.497 e. The van der Waals surface area contributed by atoms with Gasteiger partial charge in [-0.15, -0.1) is 10.2 Å². The molecule has 0 fully saturated rings. The second-order valence-electron chi connectivity index (χ2n) is 5.88. The zero-order chi connectivity index (χ0) is 20.3. The number of hydrogen-bond acceptors (Lipinski definition) is 8. The van der Waals surface area contributed by atoms with Crippen LogP contribution in [0.25, 0.3) is 16.8 Å². The van der Waals surface area contributed by atoms with Gasteiger partial charge in [-0.25, -0.2) is 9.31 Å². The predicted octanol–water partition coefficient (Wildman–Crippen LogP) is 1.86. The molecule has 9 heteroatoms. The number of nitrogens with zero attached hydrogens (tertiary/aromatic N) is 4. The van der Waals surface area contributed by atoms with Crippen molar-refractivity contribution in [1.82, 2.24) is 19.8 Å². The number of aryl methyl sites for hydroxylation is 1. The van der Waals surface area contributed by atoms with Crippen LogP contribution in [0.2, 0.25) is 0 Å². The van der Waals surface area contributed by atoms with E-state index in [1.165, 1.54) is 18.7 Å². The Labute approximate surface area is 161 Å². The Morgan fingerprint density at radius 1 is 1.04 bits per heavy atom. The fourth-order valence-electron chi connectivity index (χ4n) is 2.91. The van der Waals surface area contributed by atoms with E-state index < -0.39 is 11.9 Å². The number of rotatable bonds is 6. The second kappa shape index (κ2) is 8.03. The molecular weight excluding hydrogens is 364 g/mol. The molecule has 3 rings (SSSR count). The highest BCUT2D eigenvalue weighted by Crippen LogP contribution is 2.30. The smallest absolute Gasteiger partial charge is 0.360 e. The first-order valence-electron chi connectivity index (χ1n) is 8.60. The van der Waals surface area contributed by atoms with Crippen LogP contribution in [0.3, 0.4) is 0 Å². The molecule has 28 heavy (non-hydrogen) atoms. The van der Waals surface area contributed by atoms with Crippen LogP contribution in [-0.4, -0.2) is 53.1 Å². The maximum absolute atomic E-state index is 12.1. The Balaban J connectivity index is 2.27. The first kappa shape index (κ1) is 19.3. The normalized spacial score (nSPS) is 10.7. The summed E-state index contributed by atoms with van der Waals surface area (Å²) in [5, 5.41) is 12.8. The maximum atomic E-state index is 12.1. The second-order valence-corrected chi connectivity index (χ2v) is 5.88. The molecule has 0 saturated carbocycles. The summed E-state index contributed by atoms with van der Waals surface area (Å²) >= 11 is 0. The van der Waals surface area contributed by atoms with Gasteiger partial charge >= 0.3 is 11.9 Å². The van der Waals surface area contributed by atoms with Gasteiger partial charge in [-0.2, -0.15) is 5.10 Å². The Kier molecular flexibility index (Phi) is 5.53. The lowest BCUT2D eigenvalue weighted by Gasteiger charge is -2.08. The summed E-state index contributed by atoms with van der Waals surface area (Å²) in [6, 6.07) is 7.46. The Hall–Kier alpha value is -3.49. The molecule has 0 N–H and O–H groups in total. The van der Waals surface area contributed by atoms with Crippen molar-refractivity contribution < 1.29 is 23.8 Å². The molecule has 0 bridgehead atoms. The average molecular weight is 384 g/mol. The number of fused-ring (bicyclic) bond motifs is 1. The van der Waals surface area contributed by atoms with Crippen molar-refractivity contribution in [3.05, 3.63) is 41.3 Å². The third-order valence-corrected chi connectivity index (χ3v) is 4.34. The lowest BCUT2D eigenvalue weighted by molar-refractivity contribution is -0.139. The topological polar surface area (TPSA) is 105 Å². The molecule has 2 heterocycles. The van der Waals surface area contributed by atoms with E-state index in [0.29, 0.717) is 12.1 Å². The molecule has 0 aliphatic heterocycles. The number of methoxy groups -OCH3 is 3. The van der Waals surface area contributed by atoms with Crippen molar-refractivity contribution in [2.24, 2.45) is 0 Å². The van der Waals surface area contributed by atoms with Gasteiger partial charge in [0.15, 0.2) is 11.3 Å². The Morgan fingerprint density at radius 3 is 2.32 bits per heavy atom. The highest BCUT2D eigenvalue weighted by Gasteiger charge is 2.25. The van der Waals surface area contributed by atoms with E-state index in [9.17, 15) is 9.59 Å². The molecule has 0 saturated heterocycles. The molecule has 0 spiro atoms. The van der Waals surface area contributed by atoms with Crippen molar-refractivity contribution in [2.45, 2.75) is 19.8 Å². The van der Waals surface area contributed by atoms with Crippen LogP contribution in [0.5, 0.6) is 5.75 Å². The highest BCUT2D eigenvalue weighted by molar-refractivity contribution is 5.90. The van der Waals surface area contributed by atoms with E-state index in [2.05, 4.69) is 15.3 Å². The maximum Gasteiger partial charge on any atom is 0.360 e. The summed E-state index contributed by atoms with van der Waals surface area (Å²) < 4.78 is 16.2. The van der Waals surface area contributed by atoms with Crippen molar-refractivity contribution >= 4 is 17.6 Å². The minimum atomic E-state index is -0.701. The van der Waals surface area contributed by atoms with Crippen molar-refractivity contribution in [3.8, 4) is 16.9 Å². The van der Waals surface area contributed by atoms with E-state index in [1.807, 2.05) is 31.2 Å². The fraction of sp³-hybridized carbons (Fsp3) is 0.316. The molecule has 1 aromatic carbocycles. The van der Waals surface area contributed by atoms with Gasteiger partial charge in [0.05, 0.1) is 44.7 Å². The van der Waals surface area contributed by atoms with Crippen LogP contribution in [0, 0.1) is 0 Å². The number of carbonyl (C=O) groups is 2. The molecule has 146 valence electrons. The third kappa shape index (κ3) is 3.38. The number of hydrogen-bond donors (Lipinski definition) is 0. The zero-order valence-electron chi connectivity index (χ0n) is 16.1. The minimum absolute atomic E-state index is 0.0770. The number of carbonyl (C=O) groups excluding carboxylic acids is 2. The van der Waals surface area contributed by atoms with Crippen LogP contribution in [-0.2, 0) is 27.1 Å². The fourth-order valence-corrected chi connectivity index (χ4v) is 2.91. The van der Waals surface area contributed by atoms with Crippen molar-refractivity contribution in [2.75, 3.05) is 21.3 Å². The van der Waals surface area contributed by atoms with Crippen LogP contribution in [0.1, 0.15) is 28.8 Å². The van der Waals surface area contributed by atoms with Gasteiger partial charge < -0.3 is 14.2 Å². The molecule has 0 aliphatic rings. The molecule has 0 amide bonds. The monoisotopic (exact) mass is 384 g/mol. The van der Waals surface area contributed by atoms with E-state index in [4.69, 9.17) is 14.2 Å². The van der Waals surface area contributed by atoms with Crippen LogP contribution in [0.15, 0.2) is 24.3 Å². The summed E-state index contributed by atoms with van der Waals surface area (Å²) in [6.07, 6.45) is 0.426. The van der Waals surface area contributed by atoms with Crippen LogP contribution in [0.4, 0.5) is 0 Å².